The Bertz CT molecular complexity index is 494. The van der Waals surface area contributed by atoms with Gasteiger partial charge in [0.1, 0.15) is 0 Å². The van der Waals surface area contributed by atoms with E-state index in [2.05, 4.69) is 42.2 Å². The molecule has 1 heterocycles. The van der Waals surface area contributed by atoms with Gasteiger partial charge in [-0.3, -0.25) is 0 Å². The third-order valence-corrected chi connectivity index (χ3v) is 3.28. The maximum absolute atomic E-state index is 3.48. The highest BCUT2D eigenvalue weighted by Gasteiger charge is 2.13. The zero-order valence-electron chi connectivity index (χ0n) is 9.01. The number of aromatic nitrogens is 1. The summed E-state index contributed by atoms with van der Waals surface area (Å²) in [7, 11) is 0. The van der Waals surface area contributed by atoms with Gasteiger partial charge in [0.05, 0.1) is 0 Å². The molecule has 1 nitrogen and oxygen atoms in total. The highest BCUT2D eigenvalue weighted by molar-refractivity contribution is 5.38. The van der Waals surface area contributed by atoms with Gasteiger partial charge in [-0.15, -0.1) is 0 Å². The molecule has 15 heavy (non-hydrogen) atoms. The van der Waals surface area contributed by atoms with Gasteiger partial charge in [0, 0.05) is 17.8 Å². The number of aryl methyl sites for hydroxylation is 3. The lowest BCUT2D eigenvalue weighted by Gasteiger charge is -2.03. The van der Waals surface area contributed by atoms with E-state index in [1.807, 2.05) is 0 Å². The maximum Gasteiger partial charge on any atom is 0.0226 e. The zero-order chi connectivity index (χ0) is 10.3. The summed E-state index contributed by atoms with van der Waals surface area (Å²) in [5.41, 5.74) is 7.21. The summed E-state index contributed by atoms with van der Waals surface area (Å²) in [6.07, 6.45) is 3.43. The van der Waals surface area contributed by atoms with Crippen LogP contribution in [-0.4, -0.2) is 4.98 Å². The fourth-order valence-electron chi connectivity index (χ4n) is 2.52. The van der Waals surface area contributed by atoms with Crippen LogP contribution >= 0.6 is 0 Å². The van der Waals surface area contributed by atoms with Crippen LogP contribution in [0.25, 0.3) is 0 Å². The van der Waals surface area contributed by atoms with Crippen molar-refractivity contribution in [2.45, 2.75) is 26.2 Å². The van der Waals surface area contributed by atoms with Crippen molar-refractivity contribution in [1.82, 2.24) is 4.98 Å². The van der Waals surface area contributed by atoms with E-state index in [1.165, 1.54) is 40.9 Å². The van der Waals surface area contributed by atoms with Crippen molar-refractivity contribution in [1.29, 1.82) is 0 Å². The fourth-order valence-corrected chi connectivity index (χ4v) is 2.52. The van der Waals surface area contributed by atoms with Gasteiger partial charge in [0.2, 0.25) is 0 Å². The molecule has 1 N–H and O–H groups in total. The fraction of sp³-hybridized carbons (Fsp3) is 0.286. The summed E-state index contributed by atoms with van der Waals surface area (Å²) in [6, 6.07) is 11.1. The Labute approximate surface area is 90.2 Å². The first-order valence-electron chi connectivity index (χ1n) is 5.57. The summed E-state index contributed by atoms with van der Waals surface area (Å²) in [5.74, 6) is 0. The molecular formula is C14H15N. The molecule has 0 saturated heterocycles. The van der Waals surface area contributed by atoms with E-state index in [-0.39, 0.29) is 0 Å². The number of H-pyrrole nitrogens is 1. The molecule has 1 aliphatic rings. The van der Waals surface area contributed by atoms with Gasteiger partial charge in [0.15, 0.2) is 0 Å². The Hall–Kier alpha value is -1.50. The van der Waals surface area contributed by atoms with Gasteiger partial charge in [-0.2, -0.15) is 0 Å². The Morgan fingerprint density at radius 2 is 1.73 bits per heavy atom. The van der Waals surface area contributed by atoms with E-state index in [4.69, 9.17) is 0 Å². The largest absolute Gasteiger partial charge is 0.362 e. The normalized spacial score (nSPS) is 14.2. The molecule has 0 atom stereocenters. The Balaban J connectivity index is 2.08. The van der Waals surface area contributed by atoms with Crippen LogP contribution in [0.1, 0.15) is 28.1 Å². The van der Waals surface area contributed by atoms with Crippen LogP contribution < -0.4 is 0 Å². The summed E-state index contributed by atoms with van der Waals surface area (Å²) in [5, 5.41) is 0. The molecule has 0 unspecified atom stereocenters. The van der Waals surface area contributed by atoms with Crippen LogP contribution in [0, 0.1) is 6.92 Å². The third-order valence-electron chi connectivity index (χ3n) is 3.28. The number of fused-ring (bicyclic) bond motifs is 2. The van der Waals surface area contributed by atoms with Crippen molar-refractivity contribution in [3.8, 4) is 0 Å². The lowest BCUT2D eigenvalue weighted by molar-refractivity contribution is 0.967. The lowest BCUT2D eigenvalue weighted by atomic mass is 10.0. The van der Waals surface area contributed by atoms with Gasteiger partial charge in [-0.1, -0.05) is 24.3 Å². The highest BCUT2D eigenvalue weighted by Crippen LogP contribution is 2.24. The van der Waals surface area contributed by atoms with Gasteiger partial charge in [0.25, 0.3) is 0 Å². The van der Waals surface area contributed by atoms with E-state index in [0.717, 1.165) is 6.42 Å². The molecule has 1 heteroatoms. The molecule has 0 saturated carbocycles. The number of nitrogens with one attached hydrogen (secondary N) is 1. The van der Waals surface area contributed by atoms with Crippen molar-refractivity contribution in [3.63, 3.8) is 0 Å². The topological polar surface area (TPSA) is 15.8 Å². The van der Waals surface area contributed by atoms with Gasteiger partial charge in [-0.25, -0.2) is 0 Å². The smallest absolute Gasteiger partial charge is 0.0226 e. The maximum atomic E-state index is 3.48. The monoisotopic (exact) mass is 197 g/mol. The van der Waals surface area contributed by atoms with E-state index in [9.17, 15) is 0 Å². The SMILES string of the molecule is Cc1cc2c([nH]1)Cc1ccccc1CC2. The van der Waals surface area contributed by atoms with E-state index in [0.29, 0.717) is 0 Å². The standard InChI is InChI=1S/C14H15N/c1-10-8-13-7-6-11-4-2-3-5-12(11)9-14(13)15-10/h2-5,8,15H,6-7,9H2,1H3. The molecule has 2 aromatic rings. The minimum Gasteiger partial charge on any atom is -0.362 e. The van der Waals surface area contributed by atoms with Crippen LogP contribution in [0.15, 0.2) is 30.3 Å². The van der Waals surface area contributed by atoms with E-state index < -0.39 is 0 Å². The summed E-state index contributed by atoms with van der Waals surface area (Å²) < 4.78 is 0. The van der Waals surface area contributed by atoms with Crippen LogP contribution in [0.2, 0.25) is 0 Å². The summed E-state index contributed by atoms with van der Waals surface area (Å²) in [6.45, 7) is 2.14. The Morgan fingerprint density at radius 1 is 1.00 bits per heavy atom. The number of rotatable bonds is 0. The number of aromatic amines is 1. The van der Waals surface area contributed by atoms with Gasteiger partial charge >= 0.3 is 0 Å². The van der Waals surface area contributed by atoms with Crippen molar-refractivity contribution in [3.05, 3.63) is 58.4 Å². The van der Waals surface area contributed by atoms with Crippen molar-refractivity contribution in [2.75, 3.05) is 0 Å². The second-order valence-corrected chi connectivity index (χ2v) is 4.40. The first-order chi connectivity index (χ1) is 7.33. The second kappa shape index (κ2) is 3.27. The number of benzene rings is 1. The average molecular weight is 197 g/mol. The minimum absolute atomic E-state index is 1.07. The molecule has 0 fully saturated rings. The molecule has 0 radical (unpaired) electrons. The van der Waals surface area contributed by atoms with E-state index >= 15 is 0 Å². The predicted molar refractivity (Wildman–Crippen MR) is 62.2 cm³/mol. The molecule has 0 spiro atoms. The zero-order valence-corrected chi connectivity index (χ0v) is 9.01. The van der Waals surface area contributed by atoms with Gasteiger partial charge < -0.3 is 4.98 Å². The third kappa shape index (κ3) is 1.48. The molecular weight excluding hydrogens is 182 g/mol. The minimum atomic E-state index is 1.07. The lowest BCUT2D eigenvalue weighted by Crippen LogP contribution is -1.92. The quantitative estimate of drug-likeness (QED) is 0.668. The molecule has 0 amide bonds. The summed E-state index contributed by atoms with van der Waals surface area (Å²) >= 11 is 0. The van der Waals surface area contributed by atoms with Crippen LogP contribution in [-0.2, 0) is 19.3 Å². The second-order valence-electron chi connectivity index (χ2n) is 4.40. The summed E-state index contributed by atoms with van der Waals surface area (Å²) in [4.78, 5) is 3.48. The van der Waals surface area contributed by atoms with Crippen molar-refractivity contribution in [2.24, 2.45) is 0 Å². The van der Waals surface area contributed by atoms with Gasteiger partial charge in [-0.05, 0) is 42.5 Å². The predicted octanol–water partition coefficient (Wildman–Crippen LogP) is 3.01. The number of hydrogen-bond acceptors (Lipinski definition) is 0. The molecule has 0 bridgehead atoms. The highest BCUT2D eigenvalue weighted by atomic mass is 14.7. The first-order valence-corrected chi connectivity index (χ1v) is 5.57. The molecule has 0 aliphatic heterocycles. The molecule has 76 valence electrons. The molecule has 3 rings (SSSR count). The average Bonchev–Trinajstić information content (AvgIpc) is 2.49. The van der Waals surface area contributed by atoms with Crippen LogP contribution in [0.3, 0.4) is 0 Å². The Kier molecular flexibility index (Phi) is 1.91. The molecule has 1 aromatic heterocycles. The molecule has 1 aliphatic carbocycles. The Morgan fingerprint density at radius 3 is 2.60 bits per heavy atom. The van der Waals surface area contributed by atoms with Crippen molar-refractivity contribution >= 4 is 0 Å². The van der Waals surface area contributed by atoms with Crippen LogP contribution in [0.4, 0.5) is 0 Å². The first kappa shape index (κ1) is 8.78. The number of hydrogen-bond donors (Lipinski definition) is 1. The molecule has 1 aromatic carbocycles. The van der Waals surface area contributed by atoms with Crippen LogP contribution in [0.5, 0.6) is 0 Å². The van der Waals surface area contributed by atoms with Crippen molar-refractivity contribution < 1.29 is 0 Å². The van der Waals surface area contributed by atoms with E-state index in [1.54, 1.807) is 0 Å².